The van der Waals surface area contributed by atoms with Crippen LogP contribution in [0.15, 0.2) is 30.6 Å². The van der Waals surface area contributed by atoms with Gasteiger partial charge in [0, 0.05) is 32.6 Å². The highest BCUT2D eigenvalue weighted by Crippen LogP contribution is 2.24. The summed E-state index contributed by atoms with van der Waals surface area (Å²) in [4.78, 5) is 22.7. The van der Waals surface area contributed by atoms with Crippen LogP contribution in [0.2, 0.25) is 0 Å². The number of likely N-dealkylation sites (tertiary alicyclic amines) is 1. The molecule has 2 heterocycles. The van der Waals surface area contributed by atoms with Gasteiger partial charge in [0.1, 0.15) is 12.1 Å². The molecule has 0 saturated carbocycles. The average Bonchev–Trinajstić information content (AvgIpc) is 2.73. The van der Waals surface area contributed by atoms with Crippen LogP contribution >= 0.6 is 0 Å². The van der Waals surface area contributed by atoms with Crippen molar-refractivity contribution in [3.8, 4) is 5.75 Å². The van der Waals surface area contributed by atoms with Gasteiger partial charge >= 0.3 is 0 Å². The van der Waals surface area contributed by atoms with Gasteiger partial charge in [0.2, 0.25) is 11.7 Å². The predicted octanol–water partition coefficient (Wildman–Crippen LogP) is 0.841. The molecule has 1 aromatic heterocycles. The average molecular weight is 433 g/mol. The number of benzene rings is 1. The second-order valence-corrected chi connectivity index (χ2v) is 7.77. The number of carbonyl (C=O) groups is 1. The lowest BCUT2D eigenvalue weighted by molar-refractivity contribution is -0.120. The zero-order chi connectivity index (χ0) is 22.4. The third-order valence-corrected chi connectivity index (χ3v) is 5.40. The second-order valence-electron chi connectivity index (χ2n) is 7.77. The summed E-state index contributed by atoms with van der Waals surface area (Å²) in [6.45, 7) is 1.93. The number of aliphatic hydroxyl groups excluding tert-OH is 1. The Balaban J connectivity index is 1.61. The molecule has 10 heteroatoms. The summed E-state index contributed by atoms with van der Waals surface area (Å²) in [5.74, 6) is -0.0503. The summed E-state index contributed by atoms with van der Waals surface area (Å²) < 4.78 is 20.3. The minimum absolute atomic E-state index is 0.0866. The fraction of sp³-hybridized carbons (Fsp3) is 0.476. The molecule has 0 unspecified atom stereocenters. The molecule has 168 valence electrons. The number of anilines is 2. The van der Waals surface area contributed by atoms with Crippen LogP contribution < -0.4 is 20.7 Å². The van der Waals surface area contributed by atoms with Crippen LogP contribution in [0.1, 0.15) is 12.0 Å². The summed E-state index contributed by atoms with van der Waals surface area (Å²) in [5, 5.41) is 13.4. The van der Waals surface area contributed by atoms with E-state index in [1.54, 1.807) is 19.1 Å². The molecule has 2 atom stereocenters. The summed E-state index contributed by atoms with van der Waals surface area (Å²) in [6.07, 6.45) is 1.34. The Kier molecular flexibility index (Phi) is 7.59. The van der Waals surface area contributed by atoms with Crippen molar-refractivity contribution >= 4 is 17.5 Å². The van der Waals surface area contributed by atoms with Crippen LogP contribution in [0.3, 0.4) is 0 Å². The Morgan fingerprint density at radius 1 is 1.45 bits per heavy atom. The summed E-state index contributed by atoms with van der Waals surface area (Å²) in [7, 11) is 3.36. The van der Waals surface area contributed by atoms with Crippen LogP contribution in [0.5, 0.6) is 5.75 Å². The van der Waals surface area contributed by atoms with Gasteiger partial charge in [-0.05, 0) is 30.7 Å². The highest BCUT2D eigenvalue weighted by molar-refractivity contribution is 5.75. The van der Waals surface area contributed by atoms with Gasteiger partial charge in [0.05, 0.1) is 19.8 Å². The standard InChI is InChI=1S/C21H29FN6O3/c1-27(10-14-4-3-5-16(8-14)31-2)21-19(22)20(25-13-26-21)24-9-15-6-7-28(11-17(15)29)12-18(23)30/h3-5,8,13,15,17,29H,6-7,9-12H2,1-2H3,(H2,23,30)(H,24,25,26)/t15-,17+/m1/s1. The zero-order valence-electron chi connectivity index (χ0n) is 17.8. The van der Waals surface area contributed by atoms with Crippen molar-refractivity contribution in [3.63, 3.8) is 0 Å². The lowest BCUT2D eigenvalue weighted by Gasteiger charge is -2.35. The van der Waals surface area contributed by atoms with Crippen molar-refractivity contribution in [1.29, 1.82) is 0 Å². The number of nitrogens with zero attached hydrogens (tertiary/aromatic N) is 4. The number of primary amides is 1. The molecular formula is C21H29FN6O3. The molecule has 0 radical (unpaired) electrons. The van der Waals surface area contributed by atoms with Crippen molar-refractivity contribution < 1.29 is 19.0 Å². The minimum Gasteiger partial charge on any atom is -0.497 e. The Labute approximate surface area is 181 Å². The van der Waals surface area contributed by atoms with E-state index in [-0.39, 0.29) is 24.1 Å². The van der Waals surface area contributed by atoms with E-state index in [9.17, 15) is 9.90 Å². The van der Waals surface area contributed by atoms with E-state index >= 15 is 4.39 Å². The molecule has 1 aliphatic rings. The number of nitrogens with one attached hydrogen (secondary N) is 1. The fourth-order valence-electron chi connectivity index (χ4n) is 3.75. The SMILES string of the molecule is COc1cccc(CN(C)c2ncnc(NC[C@H]3CCN(CC(N)=O)C[C@@H]3O)c2F)c1. The molecule has 1 fully saturated rings. The molecular weight excluding hydrogens is 403 g/mol. The first kappa shape index (κ1) is 22.7. The number of aliphatic hydroxyl groups is 1. The van der Waals surface area contributed by atoms with Gasteiger partial charge in [-0.2, -0.15) is 4.39 Å². The monoisotopic (exact) mass is 432 g/mol. The topological polar surface area (TPSA) is 117 Å². The van der Waals surface area contributed by atoms with Crippen LogP contribution in [0.4, 0.5) is 16.0 Å². The van der Waals surface area contributed by atoms with Gasteiger partial charge in [0.25, 0.3) is 0 Å². The number of β-amino-alcohol motifs (C(OH)–C–C–N with tert-alkyl or cyclic N) is 1. The van der Waals surface area contributed by atoms with E-state index in [0.29, 0.717) is 32.6 Å². The van der Waals surface area contributed by atoms with Crippen LogP contribution in [-0.2, 0) is 11.3 Å². The number of hydrogen-bond acceptors (Lipinski definition) is 8. The number of carbonyl (C=O) groups excluding carboxylic acids is 1. The van der Waals surface area contributed by atoms with Gasteiger partial charge in [-0.3, -0.25) is 9.69 Å². The van der Waals surface area contributed by atoms with Crippen molar-refractivity contribution in [2.24, 2.45) is 11.7 Å². The number of amides is 1. The lowest BCUT2D eigenvalue weighted by atomic mass is 9.94. The van der Waals surface area contributed by atoms with Crippen LogP contribution in [0, 0.1) is 11.7 Å². The van der Waals surface area contributed by atoms with Gasteiger partial charge in [-0.15, -0.1) is 0 Å². The van der Waals surface area contributed by atoms with E-state index < -0.39 is 17.8 Å². The molecule has 31 heavy (non-hydrogen) atoms. The normalized spacial score (nSPS) is 19.1. The Bertz CT molecular complexity index is 899. The Morgan fingerprint density at radius 2 is 2.26 bits per heavy atom. The van der Waals surface area contributed by atoms with E-state index in [1.807, 2.05) is 29.2 Å². The number of ether oxygens (including phenoxy) is 1. The highest BCUT2D eigenvalue weighted by Gasteiger charge is 2.28. The minimum atomic E-state index is -0.638. The summed E-state index contributed by atoms with van der Waals surface area (Å²) in [5.41, 5.74) is 6.17. The van der Waals surface area contributed by atoms with E-state index in [0.717, 1.165) is 11.3 Å². The molecule has 9 nitrogen and oxygen atoms in total. The van der Waals surface area contributed by atoms with Crippen molar-refractivity contribution in [2.45, 2.75) is 19.1 Å². The molecule has 1 saturated heterocycles. The molecule has 1 amide bonds. The number of rotatable bonds is 9. The van der Waals surface area contributed by atoms with E-state index in [1.165, 1.54) is 6.33 Å². The third-order valence-electron chi connectivity index (χ3n) is 5.40. The highest BCUT2D eigenvalue weighted by atomic mass is 19.1. The Hall–Kier alpha value is -2.98. The summed E-state index contributed by atoms with van der Waals surface area (Å²) in [6, 6.07) is 7.55. The number of nitrogens with two attached hydrogens (primary N) is 1. The van der Waals surface area contributed by atoms with Crippen molar-refractivity contribution in [2.75, 3.05) is 50.6 Å². The molecule has 0 aliphatic carbocycles. The maximum absolute atomic E-state index is 15.1. The molecule has 0 spiro atoms. The molecule has 1 aromatic carbocycles. The van der Waals surface area contributed by atoms with Gasteiger partial charge in [-0.1, -0.05) is 12.1 Å². The lowest BCUT2D eigenvalue weighted by Crippen LogP contribution is -2.48. The van der Waals surface area contributed by atoms with Crippen LogP contribution in [-0.4, -0.2) is 72.3 Å². The van der Waals surface area contributed by atoms with E-state index in [2.05, 4.69) is 15.3 Å². The number of halogens is 1. The summed E-state index contributed by atoms with van der Waals surface area (Å²) >= 11 is 0. The first-order valence-corrected chi connectivity index (χ1v) is 10.1. The fourth-order valence-corrected chi connectivity index (χ4v) is 3.75. The number of methoxy groups -OCH3 is 1. The molecule has 4 N–H and O–H groups in total. The second kappa shape index (κ2) is 10.4. The number of piperidine rings is 1. The van der Waals surface area contributed by atoms with Crippen LogP contribution in [0.25, 0.3) is 0 Å². The molecule has 2 aromatic rings. The number of aromatic nitrogens is 2. The maximum Gasteiger partial charge on any atom is 0.231 e. The van der Waals surface area contributed by atoms with Crippen molar-refractivity contribution in [1.82, 2.24) is 14.9 Å². The smallest absolute Gasteiger partial charge is 0.231 e. The maximum atomic E-state index is 15.1. The zero-order valence-corrected chi connectivity index (χ0v) is 17.8. The number of hydrogen-bond donors (Lipinski definition) is 3. The first-order valence-electron chi connectivity index (χ1n) is 10.1. The molecule has 1 aliphatic heterocycles. The van der Waals surface area contributed by atoms with Gasteiger partial charge < -0.3 is 25.8 Å². The van der Waals surface area contributed by atoms with E-state index in [4.69, 9.17) is 10.5 Å². The Morgan fingerprint density at radius 3 is 2.97 bits per heavy atom. The first-order chi connectivity index (χ1) is 14.9. The van der Waals surface area contributed by atoms with Gasteiger partial charge in [0.15, 0.2) is 11.6 Å². The third kappa shape index (κ3) is 6.02. The van der Waals surface area contributed by atoms with Gasteiger partial charge in [-0.25, -0.2) is 9.97 Å². The molecule has 3 rings (SSSR count). The predicted molar refractivity (Wildman–Crippen MR) is 115 cm³/mol. The molecule has 0 bridgehead atoms. The largest absolute Gasteiger partial charge is 0.497 e. The van der Waals surface area contributed by atoms with Crippen molar-refractivity contribution in [3.05, 3.63) is 42.0 Å². The quantitative estimate of drug-likeness (QED) is 0.534.